The predicted octanol–water partition coefficient (Wildman–Crippen LogP) is 5.08. The molecule has 0 aliphatic carbocycles. The van der Waals surface area contributed by atoms with Crippen LogP contribution in [-0.4, -0.2) is 13.3 Å². The van der Waals surface area contributed by atoms with Crippen LogP contribution < -0.4 is 10.3 Å². The Bertz CT molecular complexity index is 806. The second-order valence-electron chi connectivity index (χ2n) is 6.17. The zero-order valence-corrected chi connectivity index (χ0v) is 14.7. The van der Waals surface area contributed by atoms with Crippen molar-refractivity contribution in [2.24, 2.45) is 5.10 Å². The Kier molecular flexibility index (Phi) is 5.47. The van der Waals surface area contributed by atoms with Crippen LogP contribution in [0.1, 0.15) is 16.7 Å². The van der Waals surface area contributed by atoms with Gasteiger partial charge in [0.1, 0.15) is 0 Å². The molecular formula is C22H23N3. The van der Waals surface area contributed by atoms with Gasteiger partial charge in [-0.1, -0.05) is 60.2 Å². The number of rotatable bonds is 6. The Balaban J connectivity index is 1.58. The van der Waals surface area contributed by atoms with Gasteiger partial charge < -0.3 is 4.90 Å². The molecule has 0 heterocycles. The van der Waals surface area contributed by atoms with E-state index in [-0.39, 0.29) is 0 Å². The van der Waals surface area contributed by atoms with Crippen molar-refractivity contribution in [2.75, 3.05) is 17.4 Å². The molecule has 0 saturated carbocycles. The summed E-state index contributed by atoms with van der Waals surface area (Å²) in [6, 6.07) is 27.1. The molecule has 0 atom stereocenters. The smallest absolute Gasteiger partial charge is 0.0561 e. The molecule has 0 amide bonds. The lowest BCUT2D eigenvalue weighted by molar-refractivity contribution is 0.923. The van der Waals surface area contributed by atoms with Crippen molar-refractivity contribution < 1.29 is 0 Å². The molecular weight excluding hydrogens is 306 g/mol. The highest BCUT2D eigenvalue weighted by Crippen LogP contribution is 2.16. The average molecular weight is 329 g/mol. The molecule has 0 aliphatic rings. The van der Waals surface area contributed by atoms with E-state index in [9.17, 15) is 0 Å². The van der Waals surface area contributed by atoms with E-state index in [0.717, 1.165) is 17.8 Å². The molecule has 0 saturated heterocycles. The number of hydrazone groups is 1. The molecule has 0 aromatic heterocycles. The molecule has 3 aromatic rings. The van der Waals surface area contributed by atoms with Crippen LogP contribution in [0, 0.1) is 6.92 Å². The number of nitrogens with one attached hydrogen (secondary N) is 1. The Morgan fingerprint density at radius 2 is 1.56 bits per heavy atom. The molecule has 126 valence electrons. The maximum Gasteiger partial charge on any atom is 0.0561 e. The molecule has 0 bridgehead atoms. The minimum absolute atomic E-state index is 0.892. The standard InChI is InChI=1S/C22H23N3/c1-18-8-12-21(13-9-18)24-23-16-19-10-14-22(15-11-19)25(2)17-20-6-4-3-5-7-20/h3-16,24H,17H2,1-2H3. The Morgan fingerprint density at radius 3 is 2.24 bits per heavy atom. The maximum absolute atomic E-state index is 4.30. The van der Waals surface area contributed by atoms with Gasteiger partial charge in [-0.15, -0.1) is 0 Å². The molecule has 3 nitrogen and oxygen atoms in total. The van der Waals surface area contributed by atoms with Gasteiger partial charge in [-0.2, -0.15) is 5.10 Å². The van der Waals surface area contributed by atoms with Crippen LogP contribution in [0.3, 0.4) is 0 Å². The highest BCUT2D eigenvalue weighted by molar-refractivity contribution is 5.81. The first-order valence-corrected chi connectivity index (χ1v) is 8.41. The summed E-state index contributed by atoms with van der Waals surface area (Å²) in [7, 11) is 2.11. The third kappa shape index (κ3) is 4.95. The van der Waals surface area contributed by atoms with Crippen LogP contribution in [0.4, 0.5) is 11.4 Å². The summed E-state index contributed by atoms with van der Waals surface area (Å²) in [6.45, 7) is 2.96. The van der Waals surface area contributed by atoms with E-state index in [2.05, 4.69) is 90.1 Å². The number of benzene rings is 3. The monoisotopic (exact) mass is 329 g/mol. The van der Waals surface area contributed by atoms with Gasteiger partial charge in [0, 0.05) is 19.3 Å². The predicted molar refractivity (Wildman–Crippen MR) is 107 cm³/mol. The van der Waals surface area contributed by atoms with Gasteiger partial charge in [0.2, 0.25) is 0 Å². The number of hydrogen-bond donors (Lipinski definition) is 1. The minimum atomic E-state index is 0.892. The van der Waals surface area contributed by atoms with E-state index in [1.165, 1.54) is 16.8 Å². The highest BCUT2D eigenvalue weighted by atomic mass is 15.3. The van der Waals surface area contributed by atoms with Crippen LogP contribution >= 0.6 is 0 Å². The van der Waals surface area contributed by atoms with Gasteiger partial charge in [0.05, 0.1) is 11.9 Å². The van der Waals surface area contributed by atoms with Gasteiger partial charge in [0.25, 0.3) is 0 Å². The molecule has 0 fully saturated rings. The van der Waals surface area contributed by atoms with E-state index >= 15 is 0 Å². The van der Waals surface area contributed by atoms with Crippen LogP contribution in [0.5, 0.6) is 0 Å². The molecule has 0 aliphatic heterocycles. The third-order valence-electron chi connectivity index (χ3n) is 4.06. The van der Waals surface area contributed by atoms with Gasteiger partial charge in [-0.05, 0) is 42.3 Å². The molecule has 0 spiro atoms. The normalized spacial score (nSPS) is 10.8. The molecule has 3 aromatic carbocycles. The van der Waals surface area contributed by atoms with Gasteiger partial charge in [0.15, 0.2) is 0 Å². The first kappa shape index (κ1) is 16.8. The molecule has 3 rings (SSSR count). The largest absolute Gasteiger partial charge is 0.370 e. The van der Waals surface area contributed by atoms with Crippen molar-refractivity contribution in [1.82, 2.24) is 0 Å². The fourth-order valence-electron chi connectivity index (χ4n) is 2.57. The van der Waals surface area contributed by atoms with Crippen molar-refractivity contribution in [3.05, 3.63) is 95.6 Å². The van der Waals surface area contributed by atoms with Gasteiger partial charge in [-0.25, -0.2) is 0 Å². The summed E-state index contributed by atoms with van der Waals surface area (Å²) in [6.07, 6.45) is 1.83. The van der Waals surface area contributed by atoms with Gasteiger partial charge >= 0.3 is 0 Å². The molecule has 1 N–H and O–H groups in total. The first-order valence-electron chi connectivity index (χ1n) is 8.41. The lowest BCUT2D eigenvalue weighted by Gasteiger charge is -2.19. The zero-order chi connectivity index (χ0) is 17.5. The lowest BCUT2D eigenvalue weighted by Crippen LogP contribution is -2.16. The minimum Gasteiger partial charge on any atom is -0.370 e. The summed E-state index contributed by atoms with van der Waals surface area (Å²) < 4.78 is 0. The first-order chi connectivity index (χ1) is 12.2. The van der Waals surface area contributed by atoms with E-state index in [4.69, 9.17) is 0 Å². The molecule has 0 unspecified atom stereocenters. The fourth-order valence-corrected chi connectivity index (χ4v) is 2.57. The summed E-state index contributed by atoms with van der Waals surface area (Å²) in [5.74, 6) is 0. The summed E-state index contributed by atoms with van der Waals surface area (Å²) >= 11 is 0. The quantitative estimate of drug-likeness (QED) is 0.504. The fraction of sp³-hybridized carbons (Fsp3) is 0.136. The second-order valence-corrected chi connectivity index (χ2v) is 6.17. The topological polar surface area (TPSA) is 27.6 Å². The number of nitrogens with zero attached hydrogens (tertiary/aromatic N) is 2. The van der Waals surface area contributed by atoms with E-state index < -0.39 is 0 Å². The Labute approximate surface area is 149 Å². The number of anilines is 2. The van der Waals surface area contributed by atoms with Crippen LogP contribution in [-0.2, 0) is 6.54 Å². The summed E-state index contributed by atoms with van der Waals surface area (Å²) in [5.41, 5.74) is 8.83. The van der Waals surface area contributed by atoms with Gasteiger partial charge in [-0.3, -0.25) is 5.43 Å². The highest BCUT2D eigenvalue weighted by Gasteiger charge is 2.01. The molecule has 3 heteroatoms. The van der Waals surface area contributed by atoms with E-state index in [0.29, 0.717) is 0 Å². The van der Waals surface area contributed by atoms with Crippen molar-refractivity contribution >= 4 is 17.6 Å². The van der Waals surface area contributed by atoms with E-state index in [1.54, 1.807) is 0 Å². The summed E-state index contributed by atoms with van der Waals surface area (Å²) in [4.78, 5) is 2.24. The third-order valence-corrected chi connectivity index (χ3v) is 4.06. The van der Waals surface area contributed by atoms with Crippen molar-refractivity contribution in [3.63, 3.8) is 0 Å². The molecule has 0 radical (unpaired) electrons. The number of hydrogen-bond acceptors (Lipinski definition) is 3. The molecule has 25 heavy (non-hydrogen) atoms. The SMILES string of the molecule is Cc1ccc(NN=Cc2ccc(N(C)Cc3ccccc3)cc2)cc1. The van der Waals surface area contributed by atoms with E-state index in [1.807, 2.05) is 24.4 Å². The van der Waals surface area contributed by atoms with Crippen LogP contribution in [0.25, 0.3) is 0 Å². The Morgan fingerprint density at radius 1 is 0.880 bits per heavy atom. The second kappa shape index (κ2) is 8.15. The zero-order valence-electron chi connectivity index (χ0n) is 14.7. The van der Waals surface area contributed by atoms with Crippen LogP contribution in [0.2, 0.25) is 0 Å². The summed E-state index contributed by atoms with van der Waals surface area (Å²) in [5, 5.41) is 4.30. The average Bonchev–Trinajstić information content (AvgIpc) is 2.65. The Hall–Kier alpha value is -3.07. The van der Waals surface area contributed by atoms with Crippen molar-refractivity contribution in [3.8, 4) is 0 Å². The lowest BCUT2D eigenvalue weighted by atomic mass is 10.2. The van der Waals surface area contributed by atoms with Crippen molar-refractivity contribution in [1.29, 1.82) is 0 Å². The van der Waals surface area contributed by atoms with Crippen LogP contribution in [0.15, 0.2) is 84.0 Å². The van der Waals surface area contributed by atoms with Crippen molar-refractivity contribution in [2.45, 2.75) is 13.5 Å². The number of aryl methyl sites for hydroxylation is 1. The maximum atomic E-state index is 4.30.